The third kappa shape index (κ3) is 5.51. The second kappa shape index (κ2) is 10.9. The van der Waals surface area contributed by atoms with Crippen LogP contribution in [0.15, 0.2) is 48.5 Å². The molecule has 33 heavy (non-hydrogen) atoms. The molecule has 2 atom stereocenters. The van der Waals surface area contributed by atoms with E-state index in [9.17, 15) is 4.79 Å². The number of aryl methyl sites for hydroxylation is 1. The lowest BCUT2D eigenvalue weighted by Crippen LogP contribution is -2.44. The van der Waals surface area contributed by atoms with E-state index in [-0.39, 0.29) is 23.4 Å². The van der Waals surface area contributed by atoms with Crippen molar-refractivity contribution in [1.29, 1.82) is 0 Å². The van der Waals surface area contributed by atoms with Crippen molar-refractivity contribution in [2.75, 3.05) is 7.11 Å². The van der Waals surface area contributed by atoms with Crippen molar-refractivity contribution >= 4 is 5.78 Å². The first-order valence-corrected chi connectivity index (χ1v) is 13.0. The maximum Gasteiger partial charge on any atom is 0.166 e. The molecule has 1 spiro atoms. The summed E-state index contributed by atoms with van der Waals surface area (Å²) >= 11 is 0. The Bertz CT molecular complexity index is 911. The highest BCUT2D eigenvalue weighted by molar-refractivity contribution is 5.98. The molecule has 0 bridgehead atoms. The van der Waals surface area contributed by atoms with Gasteiger partial charge in [0.15, 0.2) is 5.78 Å². The Balaban J connectivity index is 1.46. The van der Waals surface area contributed by atoms with Crippen LogP contribution in [0.3, 0.4) is 0 Å². The van der Waals surface area contributed by atoms with Gasteiger partial charge in [-0.1, -0.05) is 75.6 Å². The topological polar surface area (TPSA) is 35.5 Å². The van der Waals surface area contributed by atoms with Crippen molar-refractivity contribution in [1.82, 2.24) is 0 Å². The molecule has 0 N–H and O–H groups in total. The maximum absolute atomic E-state index is 13.3. The van der Waals surface area contributed by atoms with Crippen LogP contribution in [-0.2, 0) is 11.2 Å². The Morgan fingerprint density at radius 3 is 2.52 bits per heavy atom. The van der Waals surface area contributed by atoms with E-state index in [0.717, 1.165) is 61.8 Å². The smallest absolute Gasteiger partial charge is 0.166 e. The van der Waals surface area contributed by atoms with Crippen LogP contribution in [-0.4, -0.2) is 18.5 Å². The lowest BCUT2D eigenvalue weighted by atomic mass is 9.69. The van der Waals surface area contributed by atoms with Gasteiger partial charge < -0.3 is 9.47 Å². The summed E-state index contributed by atoms with van der Waals surface area (Å²) in [5, 5.41) is 0. The number of hydrogen-bond acceptors (Lipinski definition) is 3. The number of hydrogen-bond donors (Lipinski definition) is 0. The molecule has 1 aliphatic carbocycles. The molecular weight excluding hydrogens is 408 g/mol. The van der Waals surface area contributed by atoms with Crippen LogP contribution in [0.2, 0.25) is 0 Å². The van der Waals surface area contributed by atoms with Crippen LogP contribution in [0.25, 0.3) is 0 Å². The minimum atomic E-state index is -0.0717. The predicted octanol–water partition coefficient (Wildman–Crippen LogP) is 7.73. The van der Waals surface area contributed by atoms with Gasteiger partial charge in [-0.15, -0.1) is 0 Å². The van der Waals surface area contributed by atoms with E-state index in [1.807, 2.05) is 18.2 Å². The zero-order valence-electron chi connectivity index (χ0n) is 20.6. The number of ether oxygens (including phenoxy) is 2. The molecule has 1 aliphatic heterocycles. The average Bonchev–Trinajstić information content (AvgIpc) is 2.87. The number of rotatable bonds is 8. The molecule has 0 radical (unpaired) electrons. The fourth-order valence-corrected chi connectivity index (χ4v) is 6.05. The first-order valence-electron chi connectivity index (χ1n) is 13.0. The fraction of sp³-hybridized carbons (Fsp3) is 0.567. The molecule has 0 amide bonds. The summed E-state index contributed by atoms with van der Waals surface area (Å²) < 4.78 is 12.4. The van der Waals surface area contributed by atoms with Gasteiger partial charge in [-0.3, -0.25) is 4.79 Å². The molecule has 4 rings (SSSR count). The van der Waals surface area contributed by atoms with Crippen LogP contribution in [0.5, 0.6) is 5.75 Å². The van der Waals surface area contributed by atoms with E-state index < -0.39 is 0 Å². The Morgan fingerprint density at radius 2 is 1.85 bits per heavy atom. The number of ketones is 1. The second-order valence-electron chi connectivity index (χ2n) is 10.2. The zero-order chi connectivity index (χ0) is 23.3. The fourth-order valence-electron chi connectivity index (χ4n) is 6.05. The van der Waals surface area contributed by atoms with Gasteiger partial charge in [-0.25, -0.2) is 0 Å². The number of carbonyl (C=O) groups is 1. The molecule has 1 saturated heterocycles. The third-order valence-electron chi connectivity index (χ3n) is 7.96. The summed E-state index contributed by atoms with van der Waals surface area (Å²) in [5.74, 6) is 1.89. The summed E-state index contributed by atoms with van der Waals surface area (Å²) in [5.41, 5.74) is 3.17. The molecule has 3 nitrogen and oxygen atoms in total. The first-order chi connectivity index (χ1) is 16.1. The molecule has 1 saturated carbocycles. The molecule has 2 unspecified atom stereocenters. The van der Waals surface area contributed by atoms with E-state index in [1.54, 1.807) is 7.11 Å². The number of unbranched alkanes of at least 4 members (excludes halogenated alkanes) is 1. The quantitative estimate of drug-likeness (QED) is 0.388. The number of carbonyl (C=O) groups excluding carboxylic acids is 1. The van der Waals surface area contributed by atoms with Crippen LogP contribution in [0, 0.1) is 11.8 Å². The van der Waals surface area contributed by atoms with Gasteiger partial charge in [0.25, 0.3) is 0 Å². The van der Waals surface area contributed by atoms with Crippen LogP contribution in [0.4, 0.5) is 0 Å². The minimum absolute atomic E-state index is 0.0717. The molecule has 178 valence electrons. The largest absolute Gasteiger partial charge is 0.496 e. The Morgan fingerprint density at radius 1 is 1.09 bits per heavy atom. The Labute approximate surface area is 199 Å². The van der Waals surface area contributed by atoms with E-state index in [2.05, 4.69) is 44.2 Å². The number of methoxy groups -OCH3 is 1. The number of Topliss-reactive ketones (excluding diaryl/α,β-unsaturated/α-hetero) is 1. The van der Waals surface area contributed by atoms with Crippen molar-refractivity contribution in [3.8, 4) is 5.75 Å². The van der Waals surface area contributed by atoms with E-state index >= 15 is 0 Å². The lowest BCUT2D eigenvalue weighted by Gasteiger charge is -2.48. The van der Waals surface area contributed by atoms with Crippen molar-refractivity contribution in [2.45, 2.75) is 89.8 Å². The van der Waals surface area contributed by atoms with Gasteiger partial charge in [-0.05, 0) is 68.1 Å². The third-order valence-corrected chi connectivity index (χ3v) is 7.96. The zero-order valence-corrected chi connectivity index (χ0v) is 20.6. The molecule has 2 aromatic rings. The van der Waals surface area contributed by atoms with Crippen LogP contribution >= 0.6 is 0 Å². The maximum atomic E-state index is 13.3. The van der Waals surface area contributed by atoms with Crippen molar-refractivity contribution < 1.29 is 14.3 Å². The van der Waals surface area contributed by atoms with Crippen molar-refractivity contribution in [3.63, 3.8) is 0 Å². The monoisotopic (exact) mass is 448 g/mol. The van der Waals surface area contributed by atoms with E-state index in [4.69, 9.17) is 9.47 Å². The van der Waals surface area contributed by atoms with Crippen molar-refractivity contribution in [2.24, 2.45) is 11.8 Å². The van der Waals surface area contributed by atoms with Crippen LogP contribution < -0.4 is 4.74 Å². The molecule has 0 aromatic heterocycles. The molecule has 2 aromatic carbocycles. The highest BCUT2D eigenvalue weighted by atomic mass is 16.5. The van der Waals surface area contributed by atoms with Gasteiger partial charge >= 0.3 is 0 Å². The van der Waals surface area contributed by atoms with Crippen LogP contribution in [0.1, 0.15) is 99.2 Å². The standard InChI is InChI=1S/C30H40O3/c1-4-6-10-22-19-28(24-11-8-7-9-12-24)33-30(21-22)17-15-25(16-18-30)29(31)26-14-13-23(5-2)27(20-26)32-3/h7-9,11-14,20,22,25,28H,4-6,10,15-19,21H2,1-3H3. The van der Waals surface area contributed by atoms with Gasteiger partial charge in [-0.2, -0.15) is 0 Å². The van der Waals surface area contributed by atoms with Gasteiger partial charge in [0.1, 0.15) is 5.75 Å². The minimum Gasteiger partial charge on any atom is -0.496 e. The summed E-state index contributed by atoms with van der Waals surface area (Å²) in [6, 6.07) is 16.7. The molecule has 2 fully saturated rings. The van der Waals surface area contributed by atoms with Gasteiger partial charge in [0.05, 0.1) is 18.8 Å². The average molecular weight is 449 g/mol. The molecular formula is C30H40O3. The molecule has 2 aliphatic rings. The van der Waals surface area contributed by atoms with E-state index in [1.165, 1.54) is 24.8 Å². The highest BCUT2D eigenvalue weighted by Gasteiger charge is 2.45. The lowest BCUT2D eigenvalue weighted by molar-refractivity contribution is -0.168. The van der Waals surface area contributed by atoms with Gasteiger partial charge in [0.2, 0.25) is 0 Å². The number of benzene rings is 2. The normalized spacial score (nSPS) is 27.4. The highest BCUT2D eigenvalue weighted by Crippen LogP contribution is 2.49. The predicted molar refractivity (Wildman–Crippen MR) is 134 cm³/mol. The Hall–Kier alpha value is -2.13. The second-order valence-corrected chi connectivity index (χ2v) is 10.2. The summed E-state index contributed by atoms with van der Waals surface area (Å²) in [6.45, 7) is 4.39. The SMILES string of the molecule is CCCCC1CC(c2ccccc2)OC2(CCC(C(=O)c3ccc(CC)c(OC)c3)CC2)C1. The Kier molecular flexibility index (Phi) is 7.90. The summed E-state index contributed by atoms with van der Waals surface area (Å²) in [6.07, 6.45) is 11.0. The summed E-state index contributed by atoms with van der Waals surface area (Å²) in [4.78, 5) is 13.3. The van der Waals surface area contributed by atoms with Crippen molar-refractivity contribution in [3.05, 3.63) is 65.2 Å². The van der Waals surface area contributed by atoms with Gasteiger partial charge in [0, 0.05) is 11.5 Å². The molecule has 1 heterocycles. The van der Waals surface area contributed by atoms with E-state index in [0.29, 0.717) is 5.92 Å². The molecule has 3 heteroatoms. The summed E-state index contributed by atoms with van der Waals surface area (Å²) in [7, 11) is 1.69. The first kappa shape index (κ1) is 24.0.